The Bertz CT molecular complexity index is 1800. The van der Waals surface area contributed by atoms with Crippen molar-refractivity contribution in [3.63, 3.8) is 0 Å². The van der Waals surface area contributed by atoms with E-state index in [0.717, 1.165) is 114 Å². The van der Waals surface area contributed by atoms with E-state index in [2.05, 4.69) is 55.4 Å². The van der Waals surface area contributed by atoms with Crippen molar-refractivity contribution in [3.8, 4) is 0 Å². The number of ether oxygens (including phenoxy) is 4. The Kier molecular flexibility index (Phi) is 60.3. The standard InChI is InChI=1S/C72H140O17P2/c1-9-65(8)51-43-35-27-21-23-31-39-47-55-72(77)89-68(58-82-69(74)52-44-36-28-18-14-12-10-11-13-16-24-32-40-48-62(2)3)61-87-91(80,81)85-57-66(73)56-84-90(78,79)86-60-67(59-83-70(75)53-45-37-29-22-20-26-34-42-50-64(6)7)88-71(76)54-46-38-30-19-15-17-25-33-41-49-63(4)5/h62-68,73H,9-61H2,1-8H3,(H,78,79)(H,80,81)/t65?,66?,67-,68-/m1/s1. The molecule has 0 fully saturated rings. The Balaban J connectivity index is 5.25. The second kappa shape index (κ2) is 61.6. The van der Waals surface area contributed by atoms with Crippen LogP contribution in [-0.4, -0.2) is 96.7 Å². The van der Waals surface area contributed by atoms with Crippen LogP contribution in [0.15, 0.2) is 0 Å². The fourth-order valence-corrected chi connectivity index (χ4v) is 12.4. The number of carbonyl (C=O) groups excluding carboxylic acids is 4. The van der Waals surface area contributed by atoms with E-state index in [0.29, 0.717) is 25.7 Å². The molecule has 0 aliphatic carbocycles. The number of unbranched alkanes of at least 4 members (excludes halogenated alkanes) is 34. The molecule has 0 rings (SSSR count). The molecule has 0 bridgehead atoms. The summed E-state index contributed by atoms with van der Waals surface area (Å²) in [6.07, 6.45) is 44.4. The zero-order valence-electron chi connectivity index (χ0n) is 59.5. The van der Waals surface area contributed by atoms with Gasteiger partial charge in [-0.2, -0.15) is 0 Å². The fraction of sp³-hybridized carbons (Fsp3) is 0.944. The summed E-state index contributed by atoms with van der Waals surface area (Å²) in [6, 6.07) is 0. The van der Waals surface area contributed by atoms with Crippen LogP contribution in [0.25, 0.3) is 0 Å². The molecule has 4 unspecified atom stereocenters. The maximum atomic E-state index is 13.0. The van der Waals surface area contributed by atoms with Crippen molar-refractivity contribution in [2.75, 3.05) is 39.6 Å². The highest BCUT2D eigenvalue weighted by molar-refractivity contribution is 7.47. The number of aliphatic hydroxyl groups is 1. The van der Waals surface area contributed by atoms with Gasteiger partial charge < -0.3 is 33.8 Å². The molecule has 0 heterocycles. The molecule has 0 aromatic heterocycles. The first-order valence-corrected chi connectivity index (χ1v) is 40.2. The molecular formula is C72H140O17P2. The number of esters is 4. The molecule has 19 heteroatoms. The molecule has 0 saturated carbocycles. The zero-order valence-corrected chi connectivity index (χ0v) is 61.3. The SMILES string of the molecule is CCC(C)CCCCCCCCCCC(=O)O[C@H](COC(=O)CCCCCCCCCCCCCCCC(C)C)COP(=O)(O)OCC(O)COP(=O)(O)OC[C@@H](COC(=O)CCCCCCCCCCC(C)C)OC(=O)CCCCCCCCCCCC(C)C. The van der Waals surface area contributed by atoms with E-state index in [1.807, 2.05) is 0 Å². The van der Waals surface area contributed by atoms with Crippen molar-refractivity contribution >= 4 is 39.5 Å². The summed E-state index contributed by atoms with van der Waals surface area (Å²) >= 11 is 0. The quantitative estimate of drug-likeness (QED) is 0.0222. The highest BCUT2D eigenvalue weighted by atomic mass is 31.2. The van der Waals surface area contributed by atoms with Crippen LogP contribution in [0.4, 0.5) is 0 Å². The Hall–Kier alpha value is -1.94. The van der Waals surface area contributed by atoms with Crippen LogP contribution >= 0.6 is 15.6 Å². The van der Waals surface area contributed by atoms with Gasteiger partial charge in [0.1, 0.15) is 19.3 Å². The molecule has 0 saturated heterocycles. The van der Waals surface area contributed by atoms with Gasteiger partial charge in [0.2, 0.25) is 0 Å². The van der Waals surface area contributed by atoms with Gasteiger partial charge in [-0.3, -0.25) is 37.3 Å². The zero-order chi connectivity index (χ0) is 67.5. The Labute approximate surface area is 556 Å². The Morgan fingerprint density at radius 1 is 0.308 bits per heavy atom. The molecular weight excluding hydrogens is 1200 g/mol. The number of phosphoric acid groups is 2. The third-order valence-corrected chi connectivity index (χ3v) is 18.8. The first kappa shape index (κ1) is 89.1. The Morgan fingerprint density at radius 3 is 0.780 bits per heavy atom. The highest BCUT2D eigenvalue weighted by Gasteiger charge is 2.30. The lowest BCUT2D eigenvalue weighted by Crippen LogP contribution is -2.30. The molecule has 91 heavy (non-hydrogen) atoms. The van der Waals surface area contributed by atoms with Crippen molar-refractivity contribution < 1.29 is 80.2 Å². The van der Waals surface area contributed by atoms with Gasteiger partial charge in [0, 0.05) is 25.7 Å². The van der Waals surface area contributed by atoms with E-state index in [4.69, 9.17) is 37.0 Å². The van der Waals surface area contributed by atoms with Crippen LogP contribution in [0.1, 0.15) is 357 Å². The van der Waals surface area contributed by atoms with Gasteiger partial charge in [-0.25, -0.2) is 9.13 Å². The van der Waals surface area contributed by atoms with Gasteiger partial charge >= 0.3 is 39.5 Å². The lowest BCUT2D eigenvalue weighted by molar-refractivity contribution is -0.161. The number of phosphoric ester groups is 2. The highest BCUT2D eigenvalue weighted by Crippen LogP contribution is 2.45. The number of carbonyl (C=O) groups is 4. The largest absolute Gasteiger partial charge is 0.472 e. The predicted octanol–water partition coefficient (Wildman–Crippen LogP) is 20.5. The number of hydrogen-bond donors (Lipinski definition) is 3. The first-order valence-electron chi connectivity index (χ1n) is 37.2. The summed E-state index contributed by atoms with van der Waals surface area (Å²) in [5.41, 5.74) is 0. The molecule has 0 aliphatic rings. The molecule has 0 aliphatic heterocycles. The predicted molar refractivity (Wildman–Crippen MR) is 367 cm³/mol. The van der Waals surface area contributed by atoms with Gasteiger partial charge in [-0.15, -0.1) is 0 Å². The van der Waals surface area contributed by atoms with E-state index in [1.54, 1.807) is 0 Å². The third kappa shape index (κ3) is 65.1. The molecule has 0 aromatic rings. The lowest BCUT2D eigenvalue weighted by Gasteiger charge is -2.21. The molecule has 3 N–H and O–H groups in total. The van der Waals surface area contributed by atoms with Crippen LogP contribution < -0.4 is 0 Å². The van der Waals surface area contributed by atoms with Crippen molar-refractivity contribution in [2.45, 2.75) is 375 Å². The minimum atomic E-state index is -4.95. The van der Waals surface area contributed by atoms with Crippen molar-refractivity contribution in [1.29, 1.82) is 0 Å². The maximum absolute atomic E-state index is 13.0. The van der Waals surface area contributed by atoms with Crippen LogP contribution in [0, 0.1) is 23.7 Å². The number of aliphatic hydroxyl groups excluding tert-OH is 1. The van der Waals surface area contributed by atoms with Gasteiger partial charge in [0.15, 0.2) is 12.2 Å². The van der Waals surface area contributed by atoms with Crippen LogP contribution in [0.2, 0.25) is 0 Å². The Morgan fingerprint density at radius 2 is 0.527 bits per heavy atom. The summed E-state index contributed by atoms with van der Waals surface area (Å²) in [6.45, 7) is 14.1. The normalized spacial score (nSPS) is 14.5. The van der Waals surface area contributed by atoms with E-state index < -0.39 is 97.5 Å². The molecule has 0 spiro atoms. The van der Waals surface area contributed by atoms with Gasteiger partial charge in [0.05, 0.1) is 26.4 Å². The average molecular weight is 1340 g/mol. The van der Waals surface area contributed by atoms with Crippen molar-refractivity contribution in [2.24, 2.45) is 23.7 Å². The van der Waals surface area contributed by atoms with Gasteiger partial charge in [-0.05, 0) is 49.4 Å². The van der Waals surface area contributed by atoms with Crippen molar-refractivity contribution in [1.82, 2.24) is 0 Å². The second-order valence-electron chi connectivity index (χ2n) is 27.6. The fourth-order valence-electron chi connectivity index (χ4n) is 10.8. The van der Waals surface area contributed by atoms with E-state index >= 15 is 0 Å². The smallest absolute Gasteiger partial charge is 0.462 e. The summed E-state index contributed by atoms with van der Waals surface area (Å²) in [5, 5.41) is 10.6. The van der Waals surface area contributed by atoms with Crippen LogP contribution in [0.5, 0.6) is 0 Å². The summed E-state index contributed by atoms with van der Waals surface area (Å²) in [7, 11) is -9.91. The maximum Gasteiger partial charge on any atom is 0.472 e. The van der Waals surface area contributed by atoms with Gasteiger partial charge in [0.25, 0.3) is 0 Å². The third-order valence-electron chi connectivity index (χ3n) is 16.9. The summed E-state index contributed by atoms with van der Waals surface area (Å²) in [5.74, 6) is 0.895. The minimum Gasteiger partial charge on any atom is -0.462 e. The monoisotopic (exact) mass is 1340 g/mol. The topological polar surface area (TPSA) is 237 Å². The molecule has 0 amide bonds. The van der Waals surface area contributed by atoms with Gasteiger partial charge in [-0.1, -0.05) is 306 Å². The molecule has 540 valence electrons. The van der Waals surface area contributed by atoms with Crippen LogP contribution in [0.3, 0.4) is 0 Å². The molecule has 0 radical (unpaired) electrons. The van der Waals surface area contributed by atoms with E-state index in [1.165, 1.54) is 161 Å². The lowest BCUT2D eigenvalue weighted by atomic mass is 9.99. The van der Waals surface area contributed by atoms with E-state index in [9.17, 15) is 43.2 Å². The van der Waals surface area contributed by atoms with Crippen LogP contribution in [-0.2, 0) is 65.4 Å². The van der Waals surface area contributed by atoms with E-state index in [-0.39, 0.29) is 25.7 Å². The summed E-state index contributed by atoms with van der Waals surface area (Å²) in [4.78, 5) is 72.6. The van der Waals surface area contributed by atoms with Crippen molar-refractivity contribution in [3.05, 3.63) is 0 Å². The minimum absolute atomic E-state index is 0.104. The molecule has 0 aromatic carbocycles. The number of hydrogen-bond acceptors (Lipinski definition) is 15. The average Bonchev–Trinajstić information content (AvgIpc) is 2.16. The molecule has 6 atom stereocenters. The summed E-state index contributed by atoms with van der Waals surface area (Å²) < 4.78 is 68.4. The molecule has 17 nitrogen and oxygen atoms in total. The first-order chi connectivity index (χ1) is 43.6. The number of rotatable bonds is 69. The second-order valence-corrected chi connectivity index (χ2v) is 30.6.